The van der Waals surface area contributed by atoms with E-state index in [4.69, 9.17) is 14.5 Å². The van der Waals surface area contributed by atoms with Crippen molar-refractivity contribution in [1.29, 1.82) is 0 Å². The first-order chi connectivity index (χ1) is 11.9. The first kappa shape index (κ1) is 17.2. The van der Waals surface area contributed by atoms with Crippen LogP contribution < -0.4 is 9.47 Å². The molecule has 1 aliphatic rings. The lowest BCUT2D eigenvalue weighted by Crippen LogP contribution is -2.30. The normalized spacial score (nSPS) is 15.1. The molecule has 0 amide bonds. The molecule has 0 radical (unpaired) electrons. The minimum Gasteiger partial charge on any atom is -0.497 e. The van der Waals surface area contributed by atoms with Gasteiger partial charge in [0.15, 0.2) is 5.78 Å². The fourth-order valence-corrected chi connectivity index (χ4v) is 3.31. The SMILES string of the molecule is COc1ccc2c(c1)CC(C)(C)N=C2CC(=O)c1ccccc1OC. The summed E-state index contributed by atoms with van der Waals surface area (Å²) in [6.07, 6.45) is 1.08. The zero-order chi connectivity index (χ0) is 18.0. The van der Waals surface area contributed by atoms with Gasteiger partial charge >= 0.3 is 0 Å². The second-order valence-corrected chi connectivity index (χ2v) is 6.87. The summed E-state index contributed by atoms with van der Waals surface area (Å²) in [6, 6.07) is 13.3. The summed E-state index contributed by atoms with van der Waals surface area (Å²) in [5.41, 5.74) is 3.37. The van der Waals surface area contributed by atoms with Gasteiger partial charge < -0.3 is 9.47 Å². The molecule has 0 bridgehead atoms. The second kappa shape index (κ2) is 6.71. The van der Waals surface area contributed by atoms with Gasteiger partial charge in [-0.3, -0.25) is 9.79 Å². The van der Waals surface area contributed by atoms with E-state index in [1.807, 2.05) is 30.3 Å². The number of rotatable bonds is 5. The Morgan fingerprint density at radius 1 is 1.12 bits per heavy atom. The molecule has 0 saturated carbocycles. The van der Waals surface area contributed by atoms with Crippen LogP contribution >= 0.6 is 0 Å². The van der Waals surface area contributed by atoms with Crippen molar-refractivity contribution < 1.29 is 14.3 Å². The maximum Gasteiger partial charge on any atom is 0.172 e. The van der Waals surface area contributed by atoms with Gasteiger partial charge in [-0.2, -0.15) is 0 Å². The largest absolute Gasteiger partial charge is 0.497 e. The van der Waals surface area contributed by atoms with Gasteiger partial charge in [0.05, 0.1) is 37.5 Å². The second-order valence-electron chi connectivity index (χ2n) is 6.87. The number of ether oxygens (including phenoxy) is 2. The molecule has 0 unspecified atom stereocenters. The van der Waals surface area contributed by atoms with Crippen LogP contribution in [0.2, 0.25) is 0 Å². The zero-order valence-corrected chi connectivity index (χ0v) is 15.1. The van der Waals surface area contributed by atoms with Gasteiger partial charge in [0.2, 0.25) is 0 Å². The van der Waals surface area contributed by atoms with Crippen LogP contribution in [0.1, 0.15) is 41.8 Å². The van der Waals surface area contributed by atoms with Crippen LogP contribution in [-0.4, -0.2) is 31.3 Å². The van der Waals surface area contributed by atoms with Crippen LogP contribution in [0.4, 0.5) is 0 Å². The number of carbonyl (C=O) groups is 1. The number of Topliss-reactive ketones (excluding diaryl/α,β-unsaturated/α-hetero) is 1. The van der Waals surface area contributed by atoms with E-state index in [-0.39, 0.29) is 17.7 Å². The first-order valence-corrected chi connectivity index (χ1v) is 8.36. The maximum absolute atomic E-state index is 12.9. The molecular weight excluding hydrogens is 314 g/mol. The van der Waals surface area contributed by atoms with Crippen LogP contribution in [0.15, 0.2) is 47.5 Å². The van der Waals surface area contributed by atoms with Crippen LogP contribution in [0.5, 0.6) is 11.5 Å². The van der Waals surface area contributed by atoms with Gasteiger partial charge in [-0.1, -0.05) is 12.1 Å². The highest BCUT2D eigenvalue weighted by Crippen LogP contribution is 2.31. The first-order valence-electron chi connectivity index (χ1n) is 8.36. The van der Waals surface area contributed by atoms with E-state index >= 15 is 0 Å². The van der Waals surface area contributed by atoms with Gasteiger partial charge in [0.25, 0.3) is 0 Å². The van der Waals surface area contributed by atoms with Crippen molar-refractivity contribution in [2.24, 2.45) is 4.99 Å². The number of fused-ring (bicyclic) bond motifs is 1. The average molecular weight is 337 g/mol. The van der Waals surface area contributed by atoms with Crippen molar-refractivity contribution in [2.75, 3.05) is 14.2 Å². The van der Waals surface area contributed by atoms with Gasteiger partial charge in [0, 0.05) is 0 Å². The van der Waals surface area contributed by atoms with Crippen LogP contribution in [0, 0.1) is 0 Å². The Balaban J connectivity index is 1.96. The third-order valence-electron chi connectivity index (χ3n) is 4.42. The van der Waals surface area contributed by atoms with E-state index in [9.17, 15) is 4.79 Å². The topological polar surface area (TPSA) is 47.9 Å². The minimum atomic E-state index is -0.240. The molecule has 0 atom stereocenters. The van der Waals surface area contributed by atoms with Crippen LogP contribution in [0.3, 0.4) is 0 Å². The summed E-state index contributed by atoms with van der Waals surface area (Å²) < 4.78 is 10.7. The molecule has 0 saturated heterocycles. The smallest absolute Gasteiger partial charge is 0.172 e. The van der Waals surface area contributed by atoms with Crippen molar-refractivity contribution in [1.82, 2.24) is 0 Å². The number of nitrogens with zero attached hydrogens (tertiary/aromatic N) is 1. The summed E-state index contributed by atoms with van der Waals surface area (Å²) in [5, 5.41) is 0. The van der Waals surface area contributed by atoms with Gasteiger partial charge in [0.1, 0.15) is 11.5 Å². The van der Waals surface area contributed by atoms with Crippen LogP contribution in [-0.2, 0) is 6.42 Å². The molecule has 0 N–H and O–H groups in total. The molecule has 0 spiro atoms. The van der Waals surface area contributed by atoms with Crippen molar-refractivity contribution >= 4 is 11.5 Å². The highest BCUT2D eigenvalue weighted by Gasteiger charge is 2.28. The maximum atomic E-state index is 12.9. The number of hydrogen-bond acceptors (Lipinski definition) is 4. The number of carbonyl (C=O) groups excluding carboxylic acids is 1. The number of para-hydroxylation sites is 1. The molecule has 130 valence electrons. The predicted octanol–water partition coefficient (Wildman–Crippen LogP) is 4.10. The molecule has 25 heavy (non-hydrogen) atoms. The number of benzene rings is 2. The van der Waals surface area contributed by atoms with E-state index in [1.165, 1.54) is 5.56 Å². The molecule has 1 aliphatic heterocycles. The molecule has 4 heteroatoms. The third-order valence-corrected chi connectivity index (χ3v) is 4.42. The van der Waals surface area contributed by atoms with E-state index < -0.39 is 0 Å². The van der Waals surface area contributed by atoms with E-state index in [1.54, 1.807) is 26.4 Å². The fourth-order valence-electron chi connectivity index (χ4n) is 3.31. The van der Waals surface area contributed by atoms with E-state index in [0.717, 1.165) is 23.4 Å². The molecule has 0 fully saturated rings. The zero-order valence-electron chi connectivity index (χ0n) is 15.1. The Morgan fingerprint density at radius 2 is 1.88 bits per heavy atom. The Hall–Kier alpha value is -2.62. The Labute approximate surface area is 148 Å². The average Bonchev–Trinajstić information content (AvgIpc) is 2.60. The molecule has 0 aliphatic carbocycles. The molecular formula is C21H23NO3. The molecule has 2 aromatic carbocycles. The molecule has 2 aromatic rings. The highest BCUT2D eigenvalue weighted by atomic mass is 16.5. The minimum absolute atomic E-state index is 0.00988. The summed E-state index contributed by atoms with van der Waals surface area (Å²) in [6.45, 7) is 4.17. The number of ketones is 1. The Kier molecular flexibility index (Phi) is 4.62. The summed E-state index contributed by atoms with van der Waals surface area (Å²) in [5.74, 6) is 1.43. The van der Waals surface area contributed by atoms with Gasteiger partial charge in [-0.05, 0) is 61.7 Å². The Bertz CT molecular complexity index is 837. The molecule has 4 nitrogen and oxygen atoms in total. The van der Waals surface area contributed by atoms with Crippen molar-refractivity contribution in [3.8, 4) is 11.5 Å². The van der Waals surface area contributed by atoms with E-state index in [0.29, 0.717) is 11.3 Å². The lowest BCUT2D eigenvalue weighted by atomic mass is 9.85. The van der Waals surface area contributed by atoms with Crippen LogP contribution in [0.25, 0.3) is 0 Å². The van der Waals surface area contributed by atoms with Gasteiger partial charge in [-0.25, -0.2) is 0 Å². The number of aliphatic imine (C=N–C) groups is 1. The lowest BCUT2D eigenvalue weighted by Gasteiger charge is -2.29. The van der Waals surface area contributed by atoms with Crippen molar-refractivity contribution in [3.05, 3.63) is 59.2 Å². The predicted molar refractivity (Wildman–Crippen MR) is 99.3 cm³/mol. The summed E-state index contributed by atoms with van der Waals surface area (Å²) in [7, 11) is 3.24. The molecule has 1 heterocycles. The van der Waals surface area contributed by atoms with Crippen molar-refractivity contribution in [2.45, 2.75) is 32.2 Å². The van der Waals surface area contributed by atoms with E-state index in [2.05, 4.69) is 13.8 Å². The highest BCUT2D eigenvalue weighted by molar-refractivity contribution is 6.17. The number of methoxy groups -OCH3 is 2. The fraction of sp³-hybridized carbons (Fsp3) is 0.333. The quantitative estimate of drug-likeness (QED) is 0.772. The lowest BCUT2D eigenvalue weighted by molar-refractivity contribution is 0.0997. The summed E-state index contributed by atoms with van der Waals surface area (Å²) >= 11 is 0. The van der Waals surface area contributed by atoms with Crippen molar-refractivity contribution in [3.63, 3.8) is 0 Å². The third kappa shape index (κ3) is 3.58. The molecule has 3 rings (SSSR count). The Morgan fingerprint density at radius 3 is 2.60 bits per heavy atom. The van der Waals surface area contributed by atoms with Gasteiger partial charge in [-0.15, -0.1) is 0 Å². The number of hydrogen-bond donors (Lipinski definition) is 0. The molecule has 0 aromatic heterocycles. The summed E-state index contributed by atoms with van der Waals surface area (Å²) in [4.78, 5) is 17.7. The monoisotopic (exact) mass is 337 g/mol. The standard InChI is InChI=1S/C21H23NO3/c1-21(2)13-14-11-15(24-3)9-10-16(14)18(22-21)12-19(23)17-7-5-6-8-20(17)25-4/h5-11H,12-13H2,1-4H3.